The minimum atomic E-state index is -0.0830. The summed E-state index contributed by atoms with van der Waals surface area (Å²) in [6.07, 6.45) is 7.26. The van der Waals surface area contributed by atoms with Crippen LogP contribution in [0, 0.1) is 0 Å². The highest BCUT2D eigenvalue weighted by Crippen LogP contribution is 2.32. The van der Waals surface area contributed by atoms with Gasteiger partial charge < -0.3 is 5.11 Å². The van der Waals surface area contributed by atoms with Crippen molar-refractivity contribution in [2.75, 3.05) is 0 Å². The highest BCUT2D eigenvalue weighted by molar-refractivity contribution is 5.85. The van der Waals surface area contributed by atoms with E-state index in [9.17, 15) is 5.11 Å². The Hall–Kier alpha value is -2.05. The molecule has 0 spiro atoms. The molecule has 92 valence electrons. The summed E-state index contributed by atoms with van der Waals surface area (Å²) in [6, 6.07) is 5.74. The zero-order valence-electron chi connectivity index (χ0n) is 10.9. The lowest BCUT2D eigenvalue weighted by Gasteiger charge is -2.21. The number of hydrogen-bond donors (Lipinski definition) is 1. The number of para-hydroxylation sites is 1. The van der Waals surface area contributed by atoms with E-state index in [-0.39, 0.29) is 5.41 Å². The number of nitrogens with zero attached hydrogens (tertiary/aromatic N) is 1. The van der Waals surface area contributed by atoms with Gasteiger partial charge in [-0.15, -0.1) is 0 Å². The minimum absolute atomic E-state index is 0.0830. The van der Waals surface area contributed by atoms with E-state index in [1.54, 1.807) is 6.21 Å². The molecule has 0 saturated carbocycles. The predicted octanol–water partition coefficient (Wildman–Crippen LogP) is 3.72. The number of hydrogen-bond acceptors (Lipinski definition) is 2. The SMILES string of the molecule is CC(C)(C)c1cccc(C=NC2=C=CC=C2)c1O. The molecule has 0 amide bonds. The Morgan fingerprint density at radius 1 is 1.28 bits per heavy atom. The molecule has 2 heteroatoms. The lowest BCUT2D eigenvalue weighted by atomic mass is 9.85. The molecule has 0 aromatic heterocycles. The largest absolute Gasteiger partial charge is 0.507 e. The standard InChI is InChI=1S/C16H17NO/c1-16(2,3)14-10-6-7-12(15(14)18)11-17-13-8-4-5-9-13/h4-8,10-11,18H,1-3H3. The van der Waals surface area contributed by atoms with Crippen LogP contribution in [0.25, 0.3) is 0 Å². The van der Waals surface area contributed by atoms with Crippen molar-refractivity contribution in [2.24, 2.45) is 4.99 Å². The van der Waals surface area contributed by atoms with Crippen molar-refractivity contribution < 1.29 is 5.11 Å². The molecular weight excluding hydrogens is 222 g/mol. The third-order valence-electron chi connectivity index (χ3n) is 2.80. The van der Waals surface area contributed by atoms with Crippen LogP contribution in [0.4, 0.5) is 0 Å². The van der Waals surface area contributed by atoms with Crippen LogP contribution in [0.3, 0.4) is 0 Å². The number of benzene rings is 1. The summed E-state index contributed by atoms with van der Waals surface area (Å²) in [5.74, 6) is 0.306. The Balaban J connectivity index is 2.35. The Morgan fingerprint density at radius 2 is 2.06 bits per heavy atom. The van der Waals surface area contributed by atoms with Crippen LogP contribution in [-0.4, -0.2) is 11.3 Å². The zero-order chi connectivity index (χ0) is 13.2. The second-order valence-electron chi connectivity index (χ2n) is 5.31. The Labute approximate surface area is 108 Å². The summed E-state index contributed by atoms with van der Waals surface area (Å²) in [5.41, 5.74) is 5.34. The van der Waals surface area contributed by atoms with Gasteiger partial charge in [0, 0.05) is 11.8 Å². The van der Waals surface area contributed by atoms with E-state index in [0.29, 0.717) is 5.75 Å². The number of aliphatic imine (C=N–C) groups is 1. The van der Waals surface area contributed by atoms with Gasteiger partial charge in [-0.2, -0.15) is 0 Å². The van der Waals surface area contributed by atoms with Gasteiger partial charge in [0.1, 0.15) is 11.4 Å². The van der Waals surface area contributed by atoms with Gasteiger partial charge in [-0.3, -0.25) is 0 Å². The maximum atomic E-state index is 10.3. The fourth-order valence-electron chi connectivity index (χ4n) is 1.81. The molecule has 18 heavy (non-hydrogen) atoms. The maximum absolute atomic E-state index is 10.3. The number of aromatic hydroxyl groups is 1. The Bertz CT molecular complexity index is 580. The van der Waals surface area contributed by atoms with Crippen molar-refractivity contribution in [3.05, 3.63) is 59.0 Å². The van der Waals surface area contributed by atoms with Gasteiger partial charge in [0.2, 0.25) is 0 Å². The fourth-order valence-corrected chi connectivity index (χ4v) is 1.81. The van der Waals surface area contributed by atoms with Crippen molar-refractivity contribution in [1.29, 1.82) is 0 Å². The third-order valence-corrected chi connectivity index (χ3v) is 2.80. The average Bonchev–Trinajstić information content (AvgIpc) is 2.79. The molecule has 1 aliphatic carbocycles. The minimum Gasteiger partial charge on any atom is -0.507 e. The number of allylic oxidation sites excluding steroid dienone is 2. The molecule has 1 aromatic carbocycles. The van der Waals surface area contributed by atoms with Crippen molar-refractivity contribution in [2.45, 2.75) is 26.2 Å². The summed E-state index contributed by atoms with van der Waals surface area (Å²) >= 11 is 0. The van der Waals surface area contributed by atoms with Gasteiger partial charge in [0.05, 0.1) is 0 Å². The third kappa shape index (κ3) is 2.61. The average molecular weight is 239 g/mol. The monoisotopic (exact) mass is 239 g/mol. The number of rotatable bonds is 2. The van der Waals surface area contributed by atoms with E-state index >= 15 is 0 Å². The van der Waals surface area contributed by atoms with Crippen molar-refractivity contribution in [3.63, 3.8) is 0 Å². The molecule has 0 radical (unpaired) electrons. The highest BCUT2D eigenvalue weighted by Gasteiger charge is 2.18. The smallest absolute Gasteiger partial charge is 0.128 e. The van der Waals surface area contributed by atoms with E-state index < -0.39 is 0 Å². The van der Waals surface area contributed by atoms with Crippen LogP contribution < -0.4 is 0 Å². The van der Waals surface area contributed by atoms with Crippen LogP contribution >= 0.6 is 0 Å². The van der Waals surface area contributed by atoms with Gasteiger partial charge in [-0.1, -0.05) is 44.7 Å². The maximum Gasteiger partial charge on any atom is 0.128 e. The first-order valence-corrected chi connectivity index (χ1v) is 5.98. The molecule has 0 heterocycles. The van der Waals surface area contributed by atoms with Crippen molar-refractivity contribution in [1.82, 2.24) is 0 Å². The summed E-state index contributed by atoms with van der Waals surface area (Å²) < 4.78 is 0. The molecule has 0 atom stereocenters. The molecule has 0 aliphatic heterocycles. The van der Waals surface area contributed by atoms with Gasteiger partial charge in [-0.05, 0) is 29.2 Å². The van der Waals surface area contributed by atoms with Crippen LogP contribution in [-0.2, 0) is 5.41 Å². The van der Waals surface area contributed by atoms with Crippen LogP contribution in [0.2, 0.25) is 0 Å². The van der Waals surface area contributed by atoms with Crippen LogP contribution in [0.1, 0.15) is 31.9 Å². The van der Waals surface area contributed by atoms with Crippen molar-refractivity contribution in [3.8, 4) is 5.75 Å². The molecule has 1 aromatic rings. The summed E-state index contributed by atoms with van der Waals surface area (Å²) in [6.45, 7) is 6.23. The first kappa shape index (κ1) is 12.4. The quantitative estimate of drug-likeness (QED) is 0.619. The molecular formula is C16H17NO. The second kappa shape index (κ2) is 4.67. The lowest BCUT2D eigenvalue weighted by Crippen LogP contribution is -2.11. The Kier molecular flexibility index (Phi) is 3.22. The van der Waals surface area contributed by atoms with E-state index in [1.807, 2.05) is 36.4 Å². The van der Waals surface area contributed by atoms with Gasteiger partial charge in [0.15, 0.2) is 0 Å². The van der Waals surface area contributed by atoms with Crippen LogP contribution in [0.15, 0.2) is 52.8 Å². The molecule has 0 bridgehead atoms. The van der Waals surface area contributed by atoms with Crippen LogP contribution in [0.5, 0.6) is 5.75 Å². The molecule has 1 aliphatic rings. The van der Waals surface area contributed by atoms with E-state index in [1.165, 1.54) is 0 Å². The molecule has 0 fully saturated rings. The summed E-state index contributed by atoms with van der Waals surface area (Å²) in [5, 5.41) is 10.3. The first-order valence-electron chi connectivity index (χ1n) is 5.98. The molecule has 0 unspecified atom stereocenters. The molecule has 0 saturated heterocycles. The lowest BCUT2D eigenvalue weighted by molar-refractivity contribution is 0.446. The molecule has 2 nitrogen and oxygen atoms in total. The normalized spacial score (nSPS) is 14.5. The topological polar surface area (TPSA) is 32.6 Å². The van der Waals surface area contributed by atoms with Gasteiger partial charge in [-0.25, -0.2) is 4.99 Å². The number of phenols is 1. The van der Waals surface area contributed by atoms with Gasteiger partial charge in [0.25, 0.3) is 0 Å². The van der Waals surface area contributed by atoms with Crippen molar-refractivity contribution >= 4 is 6.21 Å². The molecule has 1 N–H and O–H groups in total. The van der Waals surface area contributed by atoms with E-state index in [4.69, 9.17) is 0 Å². The summed E-state index contributed by atoms with van der Waals surface area (Å²) in [4.78, 5) is 4.28. The van der Waals surface area contributed by atoms with E-state index in [2.05, 4.69) is 31.5 Å². The predicted molar refractivity (Wildman–Crippen MR) is 75.1 cm³/mol. The fraction of sp³-hybridized carbons (Fsp3) is 0.250. The highest BCUT2D eigenvalue weighted by atomic mass is 16.3. The Morgan fingerprint density at radius 3 is 2.67 bits per heavy atom. The second-order valence-corrected chi connectivity index (χ2v) is 5.31. The van der Waals surface area contributed by atoms with E-state index in [0.717, 1.165) is 16.8 Å². The number of phenolic OH excluding ortho intramolecular Hbond substituents is 1. The zero-order valence-corrected chi connectivity index (χ0v) is 10.9. The summed E-state index contributed by atoms with van der Waals surface area (Å²) in [7, 11) is 0. The molecule has 2 rings (SSSR count). The van der Waals surface area contributed by atoms with Gasteiger partial charge >= 0.3 is 0 Å². The first-order chi connectivity index (χ1) is 8.48.